The Morgan fingerprint density at radius 2 is 2.15 bits per heavy atom. The molecule has 108 valence electrons. The number of anilines is 1. The third-order valence-corrected chi connectivity index (χ3v) is 2.90. The molecule has 0 amide bonds. The zero-order valence-electron chi connectivity index (χ0n) is 11.3. The fourth-order valence-corrected chi connectivity index (χ4v) is 1.87. The molecule has 0 aliphatic rings. The van der Waals surface area contributed by atoms with Gasteiger partial charge in [0.15, 0.2) is 11.6 Å². The Kier molecular flexibility index (Phi) is 5.06. The van der Waals surface area contributed by atoms with E-state index in [0.717, 1.165) is 19.0 Å². The van der Waals surface area contributed by atoms with E-state index in [1.807, 2.05) is 10.8 Å². The summed E-state index contributed by atoms with van der Waals surface area (Å²) in [6, 6.07) is 3.85. The number of methoxy groups -OCH3 is 1. The SMILES string of the molecule is COCCCn1ccnc1NCc1ccc(F)c(F)c1. The lowest BCUT2D eigenvalue weighted by molar-refractivity contribution is 0.190. The van der Waals surface area contributed by atoms with Crippen molar-refractivity contribution in [2.24, 2.45) is 0 Å². The van der Waals surface area contributed by atoms with Gasteiger partial charge in [-0.1, -0.05) is 6.07 Å². The van der Waals surface area contributed by atoms with Gasteiger partial charge in [-0.25, -0.2) is 13.8 Å². The molecule has 1 N–H and O–H groups in total. The summed E-state index contributed by atoms with van der Waals surface area (Å²) in [5.41, 5.74) is 0.662. The summed E-state index contributed by atoms with van der Waals surface area (Å²) in [4.78, 5) is 4.19. The van der Waals surface area contributed by atoms with Gasteiger partial charge < -0.3 is 14.6 Å². The number of benzene rings is 1. The molecule has 0 saturated heterocycles. The van der Waals surface area contributed by atoms with Crippen molar-refractivity contribution >= 4 is 5.95 Å². The fraction of sp³-hybridized carbons (Fsp3) is 0.357. The summed E-state index contributed by atoms with van der Waals surface area (Å²) in [5, 5.41) is 3.11. The van der Waals surface area contributed by atoms with Crippen molar-refractivity contribution in [3.63, 3.8) is 0 Å². The molecule has 4 nitrogen and oxygen atoms in total. The molecule has 6 heteroatoms. The highest BCUT2D eigenvalue weighted by molar-refractivity contribution is 5.29. The van der Waals surface area contributed by atoms with Crippen LogP contribution >= 0.6 is 0 Å². The molecule has 0 radical (unpaired) electrons. The van der Waals surface area contributed by atoms with E-state index in [1.54, 1.807) is 19.4 Å². The van der Waals surface area contributed by atoms with Gasteiger partial charge in [0.2, 0.25) is 5.95 Å². The molecule has 0 aliphatic carbocycles. The summed E-state index contributed by atoms with van der Waals surface area (Å²) in [7, 11) is 1.66. The number of nitrogens with zero attached hydrogens (tertiary/aromatic N) is 2. The maximum atomic E-state index is 13.1. The Bertz CT molecular complexity index is 557. The number of hydrogen-bond donors (Lipinski definition) is 1. The van der Waals surface area contributed by atoms with Crippen molar-refractivity contribution in [1.82, 2.24) is 9.55 Å². The molecule has 0 fully saturated rings. The van der Waals surface area contributed by atoms with E-state index in [0.29, 0.717) is 24.7 Å². The fourth-order valence-electron chi connectivity index (χ4n) is 1.87. The van der Waals surface area contributed by atoms with Crippen molar-refractivity contribution in [2.45, 2.75) is 19.5 Å². The zero-order valence-corrected chi connectivity index (χ0v) is 11.3. The largest absolute Gasteiger partial charge is 0.385 e. The molecule has 0 saturated carbocycles. The van der Waals surface area contributed by atoms with Gasteiger partial charge in [-0.05, 0) is 24.1 Å². The average molecular weight is 281 g/mol. The summed E-state index contributed by atoms with van der Waals surface area (Å²) in [6.07, 6.45) is 4.44. The van der Waals surface area contributed by atoms with Crippen LogP contribution in [0.25, 0.3) is 0 Å². The lowest BCUT2D eigenvalue weighted by atomic mass is 10.2. The number of aromatic nitrogens is 2. The van der Waals surface area contributed by atoms with Crippen LogP contribution in [0.2, 0.25) is 0 Å². The monoisotopic (exact) mass is 281 g/mol. The second-order valence-corrected chi connectivity index (χ2v) is 4.39. The molecule has 0 unspecified atom stereocenters. The van der Waals surface area contributed by atoms with Gasteiger partial charge in [-0.2, -0.15) is 0 Å². The van der Waals surface area contributed by atoms with Crippen LogP contribution in [0.5, 0.6) is 0 Å². The number of imidazole rings is 1. The Hall–Kier alpha value is -1.95. The van der Waals surface area contributed by atoms with Crippen LogP contribution < -0.4 is 5.32 Å². The molecular weight excluding hydrogens is 264 g/mol. The van der Waals surface area contributed by atoms with Crippen LogP contribution in [-0.4, -0.2) is 23.3 Å². The Morgan fingerprint density at radius 1 is 1.30 bits per heavy atom. The molecule has 2 rings (SSSR count). The summed E-state index contributed by atoms with van der Waals surface area (Å²) in [5.74, 6) is -0.978. The van der Waals surface area contributed by atoms with E-state index in [4.69, 9.17) is 4.74 Å². The first-order valence-electron chi connectivity index (χ1n) is 6.38. The Labute approximate surface area is 116 Å². The molecule has 0 bridgehead atoms. The first-order valence-corrected chi connectivity index (χ1v) is 6.38. The summed E-state index contributed by atoms with van der Waals surface area (Å²) >= 11 is 0. The lowest BCUT2D eigenvalue weighted by Crippen LogP contribution is -2.08. The Balaban J connectivity index is 1.93. The van der Waals surface area contributed by atoms with Crippen LogP contribution in [0.3, 0.4) is 0 Å². The van der Waals surface area contributed by atoms with Gasteiger partial charge in [-0.15, -0.1) is 0 Å². The molecule has 1 aromatic carbocycles. The third-order valence-electron chi connectivity index (χ3n) is 2.90. The highest BCUT2D eigenvalue weighted by Gasteiger charge is 2.05. The van der Waals surface area contributed by atoms with Crippen molar-refractivity contribution in [2.75, 3.05) is 19.0 Å². The topological polar surface area (TPSA) is 39.1 Å². The minimum absolute atomic E-state index is 0.387. The van der Waals surface area contributed by atoms with Crippen LogP contribution in [0.4, 0.5) is 14.7 Å². The van der Waals surface area contributed by atoms with Gasteiger partial charge in [-0.3, -0.25) is 0 Å². The molecule has 1 aromatic heterocycles. The predicted molar refractivity (Wildman–Crippen MR) is 72.4 cm³/mol. The highest BCUT2D eigenvalue weighted by Crippen LogP contribution is 2.11. The maximum Gasteiger partial charge on any atom is 0.203 e. The number of hydrogen-bond acceptors (Lipinski definition) is 3. The second-order valence-electron chi connectivity index (χ2n) is 4.39. The van der Waals surface area contributed by atoms with Crippen molar-refractivity contribution in [1.29, 1.82) is 0 Å². The van der Waals surface area contributed by atoms with Crippen LogP contribution in [0, 0.1) is 11.6 Å². The predicted octanol–water partition coefficient (Wildman–Crippen LogP) is 2.81. The smallest absolute Gasteiger partial charge is 0.203 e. The molecular formula is C14H17F2N3O. The first-order chi connectivity index (χ1) is 9.70. The number of ether oxygens (including phenoxy) is 1. The average Bonchev–Trinajstić information content (AvgIpc) is 2.88. The van der Waals surface area contributed by atoms with E-state index < -0.39 is 11.6 Å². The molecule has 0 aliphatic heterocycles. The van der Waals surface area contributed by atoms with Crippen molar-refractivity contribution in [3.8, 4) is 0 Å². The normalized spacial score (nSPS) is 10.8. The second kappa shape index (κ2) is 7.00. The van der Waals surface area contributed by atoms with Crippen LogP contribution in [0.15, 0.2) is 30.6 Å². The molecule has 2 aromatic rings. The molecule has 0 atom stereocenters. The van der Waals surface area contributed by atoms with E-state index in [2.05, 4.69) is 10.3 Å². The minimum Gasteiger partial charge on any atom is -0.385 e. The number of nitrogens with one attached hydrogen (secondary N) is 1. The zero-order chi connectivity index (χ0) is 14.4. The standard InChI is InChI=1S/C14H17F2N3O/c1-20-8-2-6-19-7-5-17-14(19)18-10-11-3-4-12(15)13(16)9-11/h3-5,7,9H,2,6,8,10H2,1H3,(H,17,18). The van der Waals surface area contributed by atoms with E-state index in [9.17, 15) is 8.78 Å². The van der Waals surface area contributed by atoms with Gasteiger partial charge in [0.05, 0.1) is 0 Å². The quantitative estimate of drug-likeness (QED) is 0.793. The summed E-state index contributed by atoms with van der Waals surface area (Å²) in [6.45, 7) is 1.85. The van der Waals surface area contributed by atoms with Gasteiger partial charge in [0.25, 0.3) is 0 Å². The molecule has 0 spiro atoms. The molecule has 1 heterocycles. The summed E-state index contributed by atoms with van der Waals surface area (Å²) < 4.78 is 32.9. The van der Waals surface area contributed by atoms with Gasteiger partial charge in [0.1, 0.15) is 0 Å². The minimum atomic E-state index is -0.840. The van der Waals surface area contributed by atoms with Crippen molar-refractivity contribution in [3.05, 3.63) is 47.8 Å². The van der Waals surface area contributed by atoms with Crippen LogP contribution in [-0.2, 0) is 17.8 Å². The number of halogens is 2. The lowest BCUT2D eigenvalue weighted by Gasteiger charge is -2.10. The number of rotatable bonds is 7. The van der Waals surface area contributed by atoms with E-state index in [1.165, 1.54) is 6.07 Å². The first kappa shape index (κ1) is 14.5. The van der Waals surface area contributed by atoms with E-state index >= 15 is 0 Å². The maximum absolute atomic E-state index is 13.1. The third kappa shape index (κ3) is 3.77. The highest BCUT2D eigenvalue weighted by atomic mass is 19.2. The van der Waals surface area contributed by atoms with E-state index in [-0.39, 0.29) is 0 Å². The van der Waals surface area contributed by atoms with Gasteiger partial charge in [0, 0.05) is 39.2 Å². The Morgan fingerprint density at radius 3 is 2.90 bits per heavy atom. The van der Waals surface area contributed by atoms with Crippen LogP contribution in [0.1, 0.15) is 12.0 Å². The number of aryl methyl sites for hydroxylation is 1. The van der Waals surface area contributed by atoms with Gasteiger partial charge >= 0.3 is 0 Å². The van der Waals surface area contributed by atoms with Crippen molar-refractivity contribution < 1.29 is 13.5 Å². The molecule has 20 heavy (non-hydrogen) atoms.